The fraction of sp³-hybridized carbons (Fsp3) is 0.655. The van der Waals surface area contributed by atoms with Crippen molar-refractivity contribution in [2.75, 3.05) is 39.6 Å². The second-order valence-electron chi connectivity index (χ2n) is 35.4. The second kappa shape index (κ2) is 67.0. The average Bonchev–Trinajstić information content (AvgIpc) is 1.52. The molecule has 6 heterocycles. The zero-order valence-electron chi connectivity index (χ0n) is 78.6. The van der Waals surface area contributed by atoms with Crippen LogP contribution in [0.4, 0.5) is 0 Å². The Morgan fingerprint density at radius 3 is 0.508 bits per heavy atom. The van der Waals surface area contributed by atoms with Gasteiger partial charge in [0.1, 0.15) is 0 Å². The molecule has 0 saturated carbocycles. The van der Waals surface area contributed by atoms with E-state index in [1.54, 1.807) is 45.3 Å². The standard InChI is InChI=1S/C110H166O8S6/c1-7-13-19-25-31-37-43-49-55-61-79-113-91-85-89(86-92(114-80-62-56-50-44-38-32-26-20-14-8-2)109(91)117-83-65-59-53-47-41-35-29-23-17-11-5)107(111)105-77-75-103(123-105)101-73-71-99(121-101)97-69-67-95(119-97)96-68-70-98(120-96)100-72-74-102(122-100)104-76-78-106(124-104)108(112)90-87-93(115-81-63-57-51-45-39-33-27-21-15-9-3)110(118-84-66-60-54-48-42-36-30-24-18-12-6)94(88-90)116-82-64-58-52-46-40-34-28-22-16-10-4/h67-78,85-88H,7-66,79-84H2,1-6H3. The van der Waals surface area contributed by atoms with Gasteiger partial charge < -0.3 is 28.4 Å². The number of rotatable bonds is 81. The van der Waals surface area contributed by atoms with Gasteiger partial charge in [0.15, 0.2) is 23.0 Å². The van der Waals surface area contributed by atoms with Gasteiger partial charge in [0.2, 0.25) is 23.1 Å². The number of hydrogen-bond donors (Lipinski definition) is 0. The number of unbranched alkanes of at least 4 members (excludes halogenated alkanes) is 54. The summed E-state index contributed by atoms with van der Waals surface area (Å²) in [6.07, 6.45) is 75.6. The van der Waals surface area contributed by atoms with Crippen LogP contribution < -0.4 is 28.4 Å². The lowest BCUT2D eigenvalue weighted by Gasteiger charge is -2.19. The third-order valence-corrected chi connectivity index (χ3v) is 31.9. The third kappa shape index (κ3) is 41.3. The van der Waals surface area contributed by atoms with Crippen molar-refractivity contribution in [3.63, 3.8) is 0 Å². The lowest BCUT2D eigenvalue weighted by Crippen LogP contribution is -2.09. The highest BCUT2D eigenvalue weighted by molar-refractivity contribution is 7.30. The highest BCUT2D eigenvalue weighted by atomic mass is 32.1. The summed E-state index contributed by atoms with van der Waals surface area (Å²) < 4.78 is 40.5. The van der Waals surface area contributed by atoms with Gasteiger partial charge in [0.05, 0.1) is 49.4 Å². The van der Waals surface area contributed by atoms with Crippen molar-refractivity contribution in [3.05, 3.63) is 118 Å². The van der Waals surface area contributed by atoms with Gasteiger partial charge in [-0.25, -0.2) is 0 Å². The molecule has 0 bridgehead atoms. The first-order valence-corrected chi connectivity index (χ1v) is 56.0. The monoisotopic (exact) mass is 1810 g/mol. The Balaban J connectivity index is 0.926. The number of carbonyl (C=O) groups is 2. The molecule has 0 aliphatic heterocycles. The van der Waals surface area contributed by atoms with Crippen molar-refractivity contribution >= 4 is 79.6 Å². The largest absolute Gasteiger partial charge is 0.490 e. The molecular formula is C110H166O8S6. The molecule has 8 rings (SSSR count). The molecule has 0 fully saturated rings. The van der Waals surface area contributed by atoms with Crippen molar-refractivity contribution in [3.8, 4) is 83.3 Å². The van der Waals surface area contributed by atoms with Crippen molar-refractivity contribution in [2.45, 2.75) is 427 Å². The van der Waals surface area contributed by atoms with E-state index in [0.717, 1.165) is 96.6 Å². The van der Waals surface area contributed by atoms with Crippen LogP contribution in [0.25, 0.3) is 48.8 Å². The second-order valence-corrected chi connectivity index (χ2v) is 41.9. The Labute approximate surface area is 779 Å². The number of ketones is 2. The summed E-state index contributed by atoms with van der Waals surface area (Å²) >= 11 is 10.4. The Morgan fingerprint density at radius 2 is 0.331 bits per heavy atom. The predicted octanol–water partition coefficient (Wildman–Crippen LogP) is 38.7. The van der Waals surface area contributed by atoms with Crippen LogP contribution in [-0.2, 0) is 0 Å². The lowest BCUT2D eigenvalue weighted by atomic mass is 10.1. The van der Waals surface area contributed by atoms with Gasteiger partial charge in [-0.05, 0) is 136 Å². The van der Waals surface area contributed by atoms with Crippen LogP contribution in [0.5, 0.6) is 34.5 Å². The van der Waals surface area contributed by atoms with E-state index >= 15 is 0 Å². The van der Waals surface area contributed by atoms with Crippen molar-refractivity contribution in [1.29, 1.82) is 0 Å². The highest BCUT2D eigenvalue weighted by Gasteiger charge is 2.25. The molecule has 0 radical (unpaired) electrons. The van der Waals surface area contributed by atoms with Crippen molar-refractivity contribution < 1.29 is 38.0 Å². The lowest BCUT2D eigenvalue weighted by molar-refractivity contribution is 0.103. The Morgan fingerprint density at radius 1 is 0.185 bits per heavy atom. The van der Waals surface area contributed by atoms with Crippen LogP contribution in [0.15, 0.2) is 97.1 Å². The molecule has 0 N–H and O–H groups in total. The molecule has 0 unspecified atom stereocenters. The van der Waals surface area contributed by atoms with E-state index in [9.17, 15) is 9.59 Å². The summed E-state index contributed by atoms with van der Waals surface area (Å²) in [7, 11) is 0. The number of benzene rings is 2. The molecule has 0 amide bonds. The summed E-state index contributed by atoms with van der Waals surface area (Å²) in [6, 6.07) is 34.0. The normalized spacial score (nSPS) is 11.6. The maximum absolute atomic E-state index is 14.9. The summed E-state index contributed by atoms with van der Waals surface area (Å²) in [5, 5.41) is 0. The summed E-state index contributed by atoms with van der Waals surface area (Å²) in [5.41, 5.74) is 1.16. The third-order valence-electron chi connectivity index (χ3n) is 24.4. The molecule has 0 spiro atoms. The van der Waals surface area contributed by atoms with Crippen LogP contribution in [0.2, 0.25) is 0 Å². The number of carbonyl (C=O) groups excluding carboxylic acids is 2. The van der Waals surface area contributed by atoms with Gasteiger partial charge in [-0.2, -0.15) is 0 Å². The van der Waals surface area contributed by atoms with Gasteiger partial charge in [-0.3, -0.25) is 9.59 Å². The molecule has 14 heteroatoms. The minimum Gasteiger partial charge on any atom is -0.490 e. The molecule has 124 heavy (non-hydrogen) atoms. The van der Waals surface area contributed by atoms with E-state index in [2.05, 4.69) is 102 Å². The molecule has 0 atom stereocenters. The molecule has 8 nitrogen and oxygen atoms in total. The molecular weight excluding hydrogens is 1640 g/mol. The molecule has 0 aliphatic rings. The molecule has 690 valence electrons. The molecule has 0 saturated heterocycles. The van der Waals surface area contributed by atoms with Crippen LogP contribution in [0, 0.1) is 0 Å². The van der Waals surface area contributed by atoms with Gasteiger partial charge in [-0.1, -0.05) is 388 Å². The Bertz CT molecular complexity index is 3660. The van der Waals surface area contributed by atoms with Crippen molar-refractivity contribution in [2.24, 2.45) is 0 Å². The van der Waals surface area contributed by atoms with E-state index in [1.165, 1.54) is 337 Å². The first-order valence-electron chi connectivity index (χ1n) is 51.1. The summed E-state index contributed by atoms with van der Waals surface area (Å²) in [5.74, 6) is 3.77. The number of ether oxygens (including phenoxy) is 6. The first-order chi connectivity index (χ1) is 61.2. The van der Waals surface area contributed by atoms with Gasteiger partial charge in [0.25, 0.3) is 0 Å². The van der Waals surface area contributed by atoms with Gasteiger partial charge in [0, 0.05) is 59.9 Å². The van der Waals surface area contributed by atoms with Gasteiger partial charge in [-0.15, -0.1) is 68.0 Å². The topological polar surface area (TPSA) is 89.5 Å². The fourth-order valence-corrected chi connectivity index (χ4v) is 23.0. The van der Waals surface area contributed by atoms with E-state index in [0.29, 0.717) is 95.0 Å². The van der Waals surface area contributed by atoms with Crippen molar-refractivity contribution in [1.82, 2.24) is 0 Å². The van der Waals surface area contributed by atoms with E-state index in [4.69, 9.17) is 28.4 Å². The Hall–Kier alpha value is -5.22. The smallest absolute Gasteiger partial charge is 0.203 e. The highest BCUT2D eigenvalue weighted by Crippen LogP contribution is 2.48. The van der Waals surface area contributed by atoms with E-state index in [-0.39, 0.29) is 11.6 Å². The van der Waals surface area contributed by atoms with Crippen LogP contribution >= 0.6 is 68.0 Å². The molecule has 0 aliphatic carbocycles. The van der Waals surface area contributed by atoms with E-state index < -0.39 is 0 Å². The van der Waals surface area contributed by atoms with E-state index in [1.807, 2.05) is 59.1 Å². The SMILES string of the molecule is CCCCCCCCCCCCOc1cc(C(=O)c2ccc(-c3ccc(-c4ccc(-c5ccc(-c6ccc(-c7ccc(C(=O)c8cc(OCCCCCCCCCCCC)c(OCCCCCCCCCCCC)c(OCCCCCCCCCCCC)c8)s7)s6)s5)s4)s3)s2)cc(OCCCCCCCCCCCC)c1OCCCCCCCCCCCC. The van der Waals surface area contributed by atoms with Crippen LogP contribution in [0.1, 0.15) is 457 Å². The minimum atomic E-state index is -0.0207. The molecule has 6 aromatic heterocycles. The number of thiophene rings is 6. The summed E-state index contributed by atoms with van der Waals surface area (Å²) in [6.45, 7) is 17.2. The van der Waals surface area contributed by atoms with Crippen LogP contribution in [-0.4, -0.2) is 51.2 Å². The Kier molecular flexibility index (Phi) is 56.3. The maximum atomic E-state index is 14.9. The maximum Gasteiger partial charge on any atom is 0.203 e. The predicted molar refractivity (Wildman–Crippen MR) is 545 cm³/mol. The van der Waals surface area contributed by atoms with Gasteiger partial charge >= 0.3 is 0 Å². The molecule has 2 aromatic carbocycles. The quantitative estimate of drug-likeness (QED) is 0.0275. The van der Waals surface area contributed by atoms with Crippen LogP contribution in [0.3, 0.4) is 0 Å². The summed E-state index contributed by atoms with van der Waals surface area (Å²) in [4.78, 5) is 43.1. The average molecular weight is 1810 g/mol. The minimum absolute atomic E-state index is 0.0207. The zero-order valence-corrected chi connectivity index (χ0v) is 83.5. The first kappa shape index (κ1) is 104. The zero-order chi connectivity index (χ0) is 87.2. The number of hydrogen-bond acceptors (Lipinski definition) is 14. The fourth-order valence-electron chi connectivity index (χ4n) is 16.6. The molecule has 8 aromatic rings.